The van der Waals surface area contributed by atoms with Crippen molar-refractivity contribution in [3.8, 4) is 11.6 Å². The molecule has 0 radical (unpaired) electrons. The van der Waals surface area contributed by atoms with Gasteiger partial charge in [-0.2, -0.15) is 0 Å². The summed E-state index contributed by atoms with van der Waals surface area (Å²) in [5.41, 5.74) is -0.956. The van der Waals surface area contributed by atoms with Crippen LogP contribution in [0.25, 0.3) is 10.9 Å². The monoisotopic (exact) mass is 694 g/mol. The van der Waals surface area contributed by atoms with Crippen LogP contribution in [0.4, 0.5) is 4.79 Å². The summed E-state index contributed by atoms with van der Waals surface area (Å²) in [5, 5.41) is 16.9. The van der Waals surface area contributed by atoms with E-state index in [1.807, 2.05) is 18.2 Å². The van der Waals surface area contributed by atoms with Crippen molar-refractivity contribution in [1.82, 2.24) is 20.5 Å². The number of ether oxygens (including phenoxy) is 3. The predicted molar refractivity (Wildman–Crippen MR) is 181 cm³/mol. The average molecular weight is 695 g/mol. The molecule has 2 aromatic rings. The fraction of sp³-hybridized carbons (Fsp3) is 0.528. The Morgan fingerprint density at radius 2 is 1.96 bits per heavy atom. The number of carboxylic acid groups (broad SMARTS) is 1. The van der Waals surface area contributed by atoms with E-state index < -0.39 is 41.7 Å². The van der Waals surface area contributed by atoms with Gasteiger partial charge in [0.2, 0.25) is 17.7 Å². The van der Waals surface area contributed by atoms with Crippen LogP contribution in [0.15, 0.2) is 49.1 Å². The first-order valence-corrected chi connectivity index (χ1v) is 17.5. The van der Waals surface area contributed by atoms with E-state index in [0.717, 1.165) is 44.9 Å². The number of hydrogen-bond donors (Lipinski definition) is 3. The zero-order valence-corrected chi connectivity index (χ0v) is 28.2. The van der Waals surface area contributed by atoms with Gasteiger partial charge in [-0.1, -0.05) is 48.9 Å². The van der Waals surface area contributed by atoms with Gasteiger partial charge >= 0.3 is 12.1 Å². The van der Waals surface area contributed by atoms with Gasteiger partial charge in [-0.25, -0.2) is 14.6 Å². The van der Waals surface area contributed by atoms with Crippen molar-refractivity contribution >= 4 is 46.4 Å². The summed E-state index contributed by atoms with van der Waals surface area (Å²) >= 11 is 6.48. The number of fused-ring (bicyclic) bond motifs is 3. The van der Waals surface area contributed by atoms with Gasteiger partial charge in [-0.3, -0.25) is 9.59 Å². The van der Waals surface area contributed by atoms with Gasteiger partial charge in [0.1, 0.15) is 36.1 Å². The van der Waals surface area contributed by atoms with E-state index in [2.05, 4.69) is 22.2 Å². The molecule has 1 aromatic heterocycles. The number of para-hydroxylation sites is 1. The predicted octanol–water partition coefficient (Wildman–Crippen LogP) is 5.32. The number of carbonyl (C=O) groups excluding carboxylic acids is 3. The second kappa shape index (κ2) is 15.1. The zero-order chi connectivity index (χ0) is 34.5. The Labute approximate surface area is 290 Å². The maximum atomic E-state index is 14.1. The number of amides is 3. The van der Waals surface area contributed by atoms with Crippen molar-refractivity contribution in [3.63, 3.8) is 0 Å². The van der Waals surface area contributed by atoms with Crippen molar-refractivity contribution in [1.29, 1.82) is 0 Å². The van der Waals surface area contributed by atoms with Crippen molar-refractivity contribution in [2.45, 2.75) is 100 Å². The molecule has 3 amide bonds. The quantitative estimate of drug-likeness (QED) is 0.311. The summed E-state index contributed by atoms with van der Waals surface area (Å²) < 4.78 is 17.8. The first kappa shape index (κ1) is 34.5. The largest absolute Gasteiger partial charge is 0.488 e. The number of nitrogens with zero attached hydrogens (tertiary/aromatic N) is 2. The molecule has 49 heavy (non-hydrogen) atoms. The fourth-order valence-corrected chi connectivity index (χ4v) is 7.37. The van der Waals surface area contributed by atoms with Crippen molar-refractivity contribution < 1.29 is 38.5 Å². The van der Waals surface area contributed by atoms with E-state index in [0.29, 0.717) is 28.1 Å². The number of pyridine rings is 1. The Morgan fingerprint density at radius 1 is 1.16 bits per heavy atom. The van der Waals surface area contributed by atoms with Crippen LogP contribution >= 0.6 is 11.6 Å². The molecule has 4 aliphatic rings. The van der Waals surface area contributed by atoms with Crippen LogP contribution in [0.1, 0.15) is 70.6 Å². The molecule has 5 atom stereocenters. The van der Waals surface area contributed by atoms with Crippen molar-refractivity contribution in [2.75, 3.05) is 13.2 Å². The first-order valence-electron chi connectivity index (χ1n) is 17.1. The number of rotatable bonds is 8. The highest BCUT2D eigenvalue weighted by Gasteiger charge is 2.61. The fourth-order valence-electron chi connectivity index (χ4n) is 7.15. The molecule has 2 aliphatic heterocycles. The van der Waals surface area contributed by atoms with Crippen LogP contribution in [0.2, 0.25) is 5.02 Å². The Balaban J connectivity index is 1.26. The molecule has 2 aliphatic carbocycles. The summed E-state index contributed by atoms with van der Waals surface area (Å²) in [4.78, 5) is 59.2. The molecule has 6 rings (SSSR count). The first-order chi connectivity index (χ1) is 23.7. The number of alkyl carbamates (subject to hydrolysis) is 1. The van der Waals surface area contributed by atoms with Crippen LogP contribution in [0.5, 0.6) is 11.6 Å². The summed E-state index contributed by atoms with van der Waals surface area (Å²) in [6.07, 6.45) is 10.9. The number of aliphatic carboxylic acids is 1. The number of carboxylic acids is 1. The number of carbonyl (C=O) groups is 4. The van der Waals surface area contributed by atoms with Gasteiger partial charge in [0.05, 0.1) is 17.1 Å². The second-order valence-electron chi connectivity index (χ2n) is 13.4. The molecule has 2 saturated carbocycles. The maximum Gasteiger partial charge on any atom is 0.407 e. The molecule has 13 heteroatoms. The second-order valence-corrected chi connectivity index (χ2v) is 13.8. The topological polar surface area (TPSA) is 156 Å². The molecule has 1 aromatic carbocycles. The van der Waals surface area contributed by atoms with Crippen LogP contribution in [-0.4, -0.2) is 81.8 Å². The molecule has 0 spiro atoms. The Morgan fingerprint density at radius 3 is 2.73 bits per heavy atom. The van der Waals surface area contributed by atoms with Gasteiger partial charge < -0.3 is 34.9 Å². The average Bonchev–Trinajstić information content (AvgIpc) is 3.35. The summed E-state index contributed by atoms with van der Waals surface area (Å²) in [7, 11) is 0. The van der Waals surface area contributed by atoms with E-state index >= 15 is 0 Å². The smallest absolute Gasteiger partial charge is 0.407 e. The highest BCUT2D eigenvalue weighted by atomic mass is 35.5. The number of hydrogen-bond acceptors (Lipinski definition) is 8. The van der Waals surface area contributed by atoms with Gasteiger partial charge in [0.25, 0.3) is 0 Å². The van der Waals surface area contributed by atoms with E-state index in [-0.39, 0.29) is 56.2 Å². The third kappa shape index (κ3) is 7.95. The van der Waals surface area contributed by atoms with Gasteiger partial charge in [-0.05, 0) is 63.5 Å². The Hall–Kier alpha value is -4.32. The normalized spacial score (nSPS) is 28.3. The lowest BCUT2D eigenvalue weighted by Crippen LogP contribution is -2.53. The minimum atomic E-state index is -1.43. The van der Waals surface area contributed by atoms with Crippen LogP contribution in [0, 0.1) is 5.92 Å². The van der Waals surface area contributed by atoms with Gasteiger partial charge in [-0.15, -0.1) is 0 Å². The summed E-state index contributed by atoms with van der Waals surface area (Å²) in [6.45, 7) is 3.96. The molecule has 3 heterocycles. The lowest BCUT2D eigenvalue weighted by molar-refractivity contribution is -0.145. The van der Waals surface area contributed by atoms with Crippen molar-refractivity contribution in [3.05, 3.63) is 54.1 Å². The molecular formula is C36H43ClN4O8. The molecule has 3 N–H and O–H groups in total. The molecular weight excluding hydrogens is 652 g/mol. The standard InChI is InChI=1S/C36H43ClN4O8/c1-2-16-47-30-19-29(26-14-9-15-27(37)32(26)39-30)48-25-18-28-33(43)40-36(34(44)45)20-22(36)10-5-3-4-6-11-23(17-31(42)41(28)21-25)38-35(46)49-24-12-7-8-13-24/h2,5,9-10,14-15,19,22-25,28H,1,3-4,6-8,11-13,16-18,20-21H2,(H,38,46)(H,40,43)(H,44,45)/b10-5-/t22-,23+,25-,28+,36-/m1/s1. The third-order valence-corrected chi connectivity index (χ3v) is 10.2. The van der Waals surface area contributed by atoms with Gasteiger partial charge in [0, 0.05) is 36.3 Å². The molecule has 0 bridgehead atoms. The number of halogens is 1. The SMILES string of the molecule is C=CCOc1cc(O[C@@H]2C[C@H]3C(=O)N[C@]4(C(=O)O)C[C@H]4/C=C\CCCC[C@H](NC(=O)OC4CCCC4)CC(=O)N3C2)c2cccc(Cl)c2n1. The number of allylic oxidation sites excluding steroid dienone is 1. The zero-order valence-electron chi connectivity index (χ0n) is 27.4. The molecule has 3 fully saturated rings. The summed E-state index contributed by atoms with van der Waals surface area (Å²) in [5.74, 6) is -1.68. The molecule has 0 unspecified atom stereocenters. The van der Waals surface area contributed by atoms with Gasteiger partial charge in [0.15, 0.2) is 0 Å². The van der Waals surface area contributed by atoms with E-state index in [9.17, 15) is 24.3 Å². The van der Waals surface area contributed by atoms with Crippen LogP contribution in [-0.2, 0) is 19.1 Å². The Bertz CT molecular complexity index is 1630. The highest BCUT2D eigenvalue weighted by Crippen LogP contribution is 2.45. The Kier molecular flexibility index (Phi) is 10.6. The molecule has 262 valence electrons. The minimum absolute atomic E-state index is 0.0495. The number of aromatic nitrogens is 1. The number of nitrogens with one attached hydrogen (secondary N) is 2. The highest BCUT2D eigenvalue weighted by molar-refractivity contribution is 6.35. The minimum Gasteiger partial charge on any atom is -0.488 e. The molecule has 12 nitrogen and oxygen atoms in total. The number of benzene rings is 1. The summed E-state index contributed by atoms with van der Waals surface area (Å²) in [6, 6.07) is 5.43. The van der Waals surface area contributed by atoms with E-state index in [4.69, 9.17) is 25.8 Å². The maximum absolute atomic E-state index is 14.1. The van der Waals surface area contributed by atoms with Crippen molar-refractivity contribution in [2.24, 2.45) is 5.92 Å². The van der Waals surface area contributed by atoms with Crippen LogP contribution < -0.4 is 20.1 Å². The van der Waals surface area contributed by atoms with E-state index in [1.54, 1.807) is 24.3 Å². The van der Waals surface area contributed by atoms with E-state index in [1.165, 1.54) is 4.90 Å². The lowest BCUT2D eigenvalue weighted by atomic mass is 10.0. The lowest BCUT2D eigenvalue weighted by Gasteiger charge is -2.27. The molecule has 1 saturated heterocycles. The van der Waals surface area contributed by atoms with Crippen LogP contribution in [0.3, 0.4) is 0 Å². The third-order valence-electron chi connectivity index (χ3n) is 9.86.